The van der Waals surface area contributed by atoms with Gasteiger partial charge in [-0.15, -0.1) is 0 Å². The molecule has 0 aliphatic heterocycles. The van der Waals surface area contributed by atoms with E-state index in [4.69, 9.17) is 16.2 Å². The summed E-state index contributed by atoms with van der Waals surface area (Å²) in [6.07, 6.45) is 0. The van der Waals surface area contributed by atoms with E-state index in [-0.39, 0.29) is 6.04 Å². The van der Waals surface area contributed by atoms with Gasteiger partial charge in [0.1, 0.15) is 5.75 Å². The third kappa shape index (κ3) is 3.72. The van der Waals surface area contributed by atoms with E-state index in [0.717, 1.165) is 11.3 Å². The van der Waals surface area contributed by atoms with Crippen LogP contribution in [0.5, 0.6) is 5.75 Å². The molecule has 0 spiro atoms. The maximum Gasteiger partial charge on any atom is 0.119 e. The quantitative estimate of drug-likeness (QED) is 0.796. The monoisotopic (exact) mass is 236 g/mol. The van der Waals surface area contributed by atoms with Crippen LogP contribution in [0.3, 0.4) is 0 Å². The molecule has 3 nitrogen and oxygen atoms in total. The van der Waals surface area contributed by atoms with E-state index in [2.05, 4.69) is 13.8 Å². The zero-order valence-electron chi connectivity index (χ0n) is 11.0. The predicted molar refractivity (Wildman–Crippen MR) is 71.9 cm³/mol. The van der Waals surface area contributed by atoms with Crippen LogP contribution in [0.15, 0.2) is 24.3 Å². The molecule has 0 radical (unpaired) electrons. The second-order valence-corrected chi connectivity index (χ2v) is 4.67. The smallest absolute Gasteiger partial charge is 0.119 e. The average molecular weight is 236 g/mol. The molecule has 0 aromatic heterocycles. The first-order valence-electron chi connectivity index (χ1n) is 6.28. The molecule has 0 bridgehead atoms. The van der Waals surface area contributed by atoms with Crippen LogP contribution in [-0.4, -0.2) is 13.2 Å². The Balaban J connectivity index is 2.77. The molecule has 2 atom stereocenters. The highest BCUT2D eigenvalue weighted by atomic mass is 16.5. The number of ether oxygens (including phenoxy) is 1. The van der Waals surface area contributed by atoms with E-state index in [1.165, 1.54) is 0 Å². The maximum absolute atomic E-state index is 6.25. The topological polar surface area (TPSA) is 61.3 Å². The summed E-state index contributed by atoms with van der Waals surface area (Å²) < 4.78 is 5.41. The van der Waals surface area contributed by atoms with Crippen molar-refractivity contribution in [3.05, 3.63) is 29.8 Å². The Kier molecular flexibility index (Phi) is 5.45. The SMILES string of the molecule is CCOc1ccc(C(N)C(CN)C(C)C)cc1. The van der Waals surface area contributed by atoms with Gasteiger partial charge in [-0.2, -0.15) is 0 Å². The van der Waals surface area contributed by atoms with Gasteiger partial charge in [0.15, 0.2) is 0 Å². The summed E-state index contributed by atoms with van der Waals surface area (Å²) in [6, 6.07) is 7.98. The van der Waals surface area contributed by atoms with Crippen LogP contribution in [-0.2, 0) is 0 Å². The minimum atomic E-state index is -0.00400. The van der Waals surface area contributed by atoms with Gasteiger partial charge in [0.25, 0.3) is 0 Å². The number of hydrogen-bond donors (Lipinski definition) is 2. The van der Waals surface area contributed by atoms with Crippen molar-refractivity contribution in [3.8, 4) is 5.75 Å². The Morgan fingerprint density at radius 2 is 1.76 bits per heavy atom. The lowest BCUT2D eigenvalue weighted by Gasteiger charge is -2.26. The summed E-state index contributed by atoms with van der Waals surface area (Å²) >= 11 is 0. The Bertz CT molecular complexity index is 321. The molecule has 0 saturated heterocycles. The fourth-order valence-electron chi connectivity index (χ4n) is 2.03. The van der Waals surface area contributed by atoms with Crippen molar-refractivity contribution in [2.75, 3.05) is 13.2 Å². The van der Waals surface area contributed by atoms with Crippen molar-refractivity contribution in [2.24, 2.45) is 23.3 Å². The molecule has 0 aliphatic rings. The van der Waals surface area contributed by atoms with Crippen molar-refractivity contribution in [1.29, 1.82) is 0 Å². The third-order valence-electron chi connectivity index (χ3n) is 3.17. The van der Waals surface area contributed by atoms with E-state index in [1.54, 1.807) is 0 Å². The van der Waals surface area contributed by atoms with Gasteiger partial charge in [-0.3, -0.25) is 0 Å². The highest BCUT2D eigenvalue weighted by Crippen LogP contribution is 2.26. The molecule has 1 rings (SSSR count). The van der Waals surface area contributed by atoms with Crippen molar-refractivity contribution < 1.29 is 4.74 Å². The summed E-state index contributed by atoms with van der Waals surface area (Å²) in [5, 5.41) is 0. The summed E-state index contributed by atoms with van der Waals surface area (Å²) in [5.41, 5.74) is 13.2. The summed E-state index contributed by atoms with van der Waals surface area (Å²) in [5.74, 6) is 1.69. The second-order valence-electron chi connectivity index (χ2n) is 4.67. The van der Waals surface area contributed by atoms with E-state index < -0.39 is 0 Å². The van der Waals surface area contributed by atoms with Crippen molar-refractivity contribution >= 4 is 0 Å². The molecular formula is C14H24N2O. The lowest BCUT2D eigenvalue weighted by Crippen LogP contribution is -2.31. The molecule has 0 amide bonds. The molecule has 3 heteroatoms. The molecule has 4 N–H and O–H groups in total. The highest BCUT2D eigenvalue weighted by molar-refractivity contribution is 5.29. The highest BCUT2D eigenvalue weighted by Gasteiger charge is 2.21. The van der Waals surface area contributed by atoms with Gasteiger partial charge in [-0.1, -0.05) is 26.0 Å². The van der Waals surface area contributed by atoms with Crippen LogP contribution < -0.4 is 16.2 Å². The van der Waals surface area contributed by atoms with Crippen LogP contribution in [0, 0.1) is 11.8 Å². The molecule has 0 saturated carbocycles. The molecule has 0 fully saturated rings. The molecule has 96 valence electrons. The molecule has 17 heavy (non-hydrogen) atoms. The molecule has 1 aromatic carbocycles. The Morgan fingerprint density at radius 1 is 1.18 bits per heavy atom. The number of nitrogens with two attached hydrogens (primary N) is 2. The van der Waals surface area contributed by atoms with Gasteiger partial charge in [0.2, 0.25) is 0 Å². The van der Waals surface area contributed by atoms with E-state index in [9.17, 15) is 0 Å². The Labute approximate surface area is 104 Å². The second kappa shape index (κ2) is 6.62. The first-order valence-corrected chi connectivity index (χ1v) is 6.28. The van der Waals surface area contributed by atoms with Crippen molar-refractivity contribution in [1.82, 2.24) is 0 Å². The zero-order valence-corrected chi connectivity index (χ0v) is 11.0. The number of hydrogen-bond acceptors (Lipinski definition) is 3. The molecular weight excluding hydrogens is 212 g/mol. The van der Waals surface area contributed by atoms with E-state index >= 15 is 0 Å². The predicted octanol–water partition coefficient (Wildman–Crippen LogP) is 2.32. The van der Waals surface area contributed by atoms with Crippen molar-refractivity contribution in [3.63, 3.8) is 0 Å². The first kappa shape index (κ1) is 14.0. The lowest BCUT2D eigenvalue weighted by molar-refractivity contribution is 0.329. The van der Waals surface area contributed by atoms with Gasteiger partial charge in [0.05, 0.1) is 6.61 Å². The summed E-state index contributed by atoms with van der Waals surface area (Å²) in [4.78, 5) is 0. The van der Waals surface area contributed by atoms with Gasteiger partial charge < -0.3 is 16.2 Å². The Hall–Kier alpha value is -1.06. The minimum absolute atomic E-state index is 0.00400. The zero-order chi connectivity index (χ0) is 12.8. The van der Waals surface area contributed by atoms with Crippen molar-refractivity contribution in [2.45, 2.75) is 26.8 Å². The largest absolute Gasteiger partial charge is 0.494 e. The van der Waals surface area contributed by atoms with Gasteiger partial charge in [-0.05, 0) is 43.0 Å². The van der Waals surface area contributed by atoms with Crippen LogP contribution in [0.4, 0.5) is 0 Å². The lowest BCUT2D eigenvalue weighted by atomic mass is 9.85. The van der Waals surface area contributed by atoms with E-state index in [1.807, 2.05) is 31.2 Å². The third-order valence-corrected chi connectivity index (χ3v) is 3.17. The average Bonchev–Trinajstić information content (AvgIpc) is 2.30. The van der Waals surface area contributed by atoms with Gasteiger partial charge in [0, 0.05) is 6.04 Å². The molecule has 1 aromatic rings. The standard InChI is InChI=1S/C14H24N2O/c1-4-17-12-7-5-11(6-8-12)14(16)13(9-15)10(2)3/h5-8,10,13-14H,4,9,15-16H2,1-3H3. The fourth-order valence-corrected chi connectivity index (χ4v) is 2.03. The van der Waals surface area contributed by atoms with Crippen LogP contribution >= 0.6 is 0 Å². The number of rotatable bonds is 6. The molecule has 0 heterocycles. The first-order chi connectivity index (χ1) is 8.10. The van der Waals surface area contributed by atoms with Gasteiger partial charge >= 0.3 is 0 Å². The summed E-state index contributed by atoms with van der Waals surface area (Å²) in [7, 11) is 0. The van der Waals surface area contributed by atoms with Gasteiger partial charge in [-0.25, -0.2) is 0 Å². The minimum Gasteiger partial charge on any atom is -0.494 e. The van der Waals surface area contributed by atoms with Crippen LogP contribution in [0.1, 0.15) is 32.4 Å². The number of benzene rings is 1. The van der Waals surface area contributed by atoms with E-state index in [0.29, 0.717) is 25.0 Å². The maximum atomic E-state index is 6.25. The van der Waals surface area contributed by atoms with Crippen LogP contribution in [0.2, 0.25) is 0 Å². The normalized spacial score (nSPS) is 14.7. The Morgan fingerprint density at radius 3 is 2.18 bits per heavy atom. The summed E-state index contributed by atoms with van der Waals surface area (Å²) in [6.45, 7) is 7.59. The molecule has 2 unspecified atom stereocenters. The molecule has 0 aliphatic carbocycles. The fraction of sp³-hybridized carbons (Fsp3) is 0.571. The van der Waals surface area contributed by atoms with Crippen LogP contribution in [0.25, 0.3) is 0 Å².